The lowest BCUT2D eigenvalue weighted by Crippen LogP contribution is -2.24. The van der Waals surface area contributed by atoms with Gasteiger partial charge in [0.2, 0.25) is 11.1 Å². The van der Waals surface area contributed by atoms with Crippen molar-refractivity contribution in [3.8, 4) is 11.5 Å². The summed E-state index contributed by atoms with van der Waals surface area (Å²) in [5.74, 6) is 1.19. The number of ether oxygens (including phenoxy) is 2. The highest BCUT2D eigenvalue weighted by molar-refractivity contribution is 7.99. The molecular formula is C15H21N5O3S. The molecule has 0 spiro atoms. The van der Waals surface area contributed by atoms with E-state index in [4.69, 9.17) is 9.47 Å². The normalized spacial score (nSPS) is 11.2. The molecule has 0 bridgehead atoms. The minimum atomic E-state index is -0.252. The Labute approximate surface area is 144 Å². The minimum Gasteiger partial charge on any atom is -0.497 e. The van der Waals surface area contributed by atoms with E-state index in [2.05, 4.69) is 20.8 Å². The molecule has 1 heterocycles. The molecule has 0 fully saturated rings. The third kappa shape index (κ3) is 4.38. The van der Waals surface area contributed by atoms with Crippen LogP contribution < -0.4 is 14.8 Å². The number of carbonyl (C=O) groups excluding carboxylic acids is 1. The van der Waals surface area contributed by atoms with E-state index in [1.54, 1.807) is 37.1 Å². The molecule has 8 nitrogen and oxygen atoms in total. The molecule has 0 radical (unpaired) electrons. The summed E-state index contributed by atoms with van der Waals surface area (Å²) in [6, 6.07) is 5.21. The molecule has 2 rings (SSSR count). The highest BCUT2D eigenvalue weighted by atomic mass is 32.2. The second-order valence-corrected chi connectivity index (χ2v) is 6.89. The predicted molar refractivity (Wildman–Crippen MR) is 91.7 cm³/mol. The van der Waals surface area contributed by atoms with Crippen molar-refractivity contribution < 1.29 is 14.3 Å². The van der Waals surface area contributed by atoms with Gasteiger partial charge in [-0.2, -0.15) is 0 Å². The Hall–Kier alpha value is -2.29. The first-order valence-corrected chi connectivity index (χ1v) is 8.27. The molecule has 9 heteroatoms. The number of hydrogen-bond acceptors (Lipinski definition) is 7. The number of methoxy groups -OCH3 is 2. The van der Waals surface area contributed by atoms with Crippen LogP contribution in [-0.2, 0) is 10.3 Å². The second kappa shape index (κ2) is 7.52. The predicted octanol–water partition coefficient (Wildman–Crippen LogP) is 2.18. The number of benzene rings is 1. The molecule has 1 aromatic carbocycles. The van der Waals surface area contributed by atoms with Gasteiger partial charge < -0.3 is 14.8 Å². The van der Waals surface area contributed by atoms with Gasteiger partial charge in [0.1, 0.15) is 11.5 Å². The van der Waals surface area contributed by atoms with Crippen LogP contribution in [-0.4, -0.2) is 46.1 Å². The summed E-state index contributed by atoms with van der Waals surface area (Å²) in [6.45, 7) is 5.98. The molecule has 0 unspecified atom stereocenters. The number of thioether (sulfide) groups is 1. The van der Waals surface area contributed by atoms with Gasteiger partial charge in [0, 0.05) is 6.07 Å². The highest BCUT2D eigenvalue weighted by Crippen LogP contribution is 2.29. The smallest absolute Gasteiger partial charge is 0.234 e. The van der Waals surface area contributed by atoms with E-state index in [1.165, 1.54) is 11.8 Å². The maximum Gasteiger partial charge on any atom is 0.234 e. The van der Waals surface area contributed by atoms with Crippen LogP contribution in [0.15, 0.2) is 23.4 Å². The van der Waals surface area contributed by atoms with Gasteiger partial charge in [0.25, 0.3) is 0 Å². The average molecular weight is 351 g/mol. The first-order chi connectivity index (χ1) is 11.3. The first kappa shape index (κ1) is 18.1. The Kier molecular flexibility index (Phi) is 5.66. The highest BCUT2D eigenvalue weighted by Gasteiger charge is 2.20. The lowest BCUT2D eigenvalue weighted by Gasteiger charge is -2.19. The van der Waals surface area contributed by atoms with Gasteiger partial charge in [0.15, 0.2) is 0 Å². The van der Waals surface area contributed by atoms with Crippen LogP contribution in [0.2, 0.25) is 0 Å². The van der Waals surface area contributed by atoms with Gasteiger partial charge in [-0.25, -0.2) is 4.68 Å². The van der Waals surface area contributed by atoms with Crippen LogP contribution in [0, 0.1) is 0 Å². The van der Waals surface area contributed by atoms with Crippen molar-refractivity contribution in [3.63, 3.8) is 0 Å². The van der Waals surface area contributed by atoms with Crippen LogP contribution in [0.25, 0.3) is 0 Å². The van der Waals surface area contributed by atoms with Crippen molar-refractivity contribution in [1.29, 1.82) is 0 Å². The van der Waals surface area contributed by atoms with Crippen LogP contribution in [0.4, 0.5) is 5.69 Å². The number of rotatable bonds is 6. The third-order valence-corrected chi connectivity index (χ3v) is 4.01. The summed E-state index contributed by atoms with van der Waals surface area (Å²) in [7, 11) is 3.11. The molecule has 1 aromatic heterocycles. The molecule has 0 aliphatic heterocycles. The maximum atomic E-state index is 12.2. The molecule has 24 heavy (non-hydrogen) atoms. The lowest BCUT2D eigenvalue weighted by atomic mass is 10.1. The SMILES string of the molecule is COc1ccc(OC)c(NC(=O)CSc2nnnn2C(C)(C)C)c1. The fourth-order valence-electron chi connectivity index (χ4n) is 1.92. The first-order valence-electron chi connectivity index (χ1n) is 7.28. The van der Waals surface area contributed by atoms with E-state index in [1.807, 2.05) is 20.8 Å². The largest absolute Gasteiger partial charge is 0.497 e. The Morgan fingerprint density at radius 3 is 2.67 bits per heavy atom. The number of amides is 1. The number of nitrogens with zero attached hydrogens (tertiary/aromatic N) is 4. The molecule has 1 N–H and O–H groups in total. The Morgan fingerprint density at radius 1 is 1.29 bits per heavy atom. The Balaban J connectivity index is 2.03. The van der Waals surface area contributed by atoms with Gasteiger partial charge in [-0.05, 0) is 43.3 Å². The summed E-state index contributed by atoms with van der Waals surface area (Å²) in [6.07, 6.45) is 0. The molecule has 0 saturated heterocycles. The van der Waals surface area contributed by atoms with Gasteiger partial charge in [-0.3, -0.25) is 4.79 Å². The molecule has 0 saturated carbocycles. The quantitative estimate of drug-likeness (QED) is 0.798. The molecule has 130 valence electrons. The van der Waals surface area contributed by atoms with Crippen LogP contribution in [0.5, 0.6) is 11.5 Å². The minimum absolute atomic E-state index is 0.177. The molecule has 0 aliphatic rings. The zero-order valence-corrected chi connectivity index (χ0v) is 15.2. The average Bonchev–Trinajstić information content (AvgIpc) is 3.01. The Bertz CT molecular complexity index is 711. The van der Waals surface area contributed by atoms with E-state index in [-0.39, 0.29) is 17.2 Å². The van der Waals surface area contributed by atoms with Crippen LogP contribution in [0.1, 0.15) is 20.8 Å². The van der Waals surface area contributed by atoms with Crippen molar-refractivity contribution in [3.05, 3.63) is 18.2 Å². The molecule has 1 amide bonds. The number of hydrogen-bond donors (Lipinski definition) is 1. The maximum absolute atomic E-state index is 12.2. The van der Waals surface area contributed by atoms with Crippen molar-refractivity contribution in [1.82, 2.24) is 20.2 Å². The van der Waals surface area contributed by atoms with Gasteiger partial charge in [0.05, 0.1) is 31.2 Å². The summed E-state index contributed by atoms with van der Waals surface area (Å²) in [5.41, 5.74) is 0.302. The van der Waals surface area contributed by atoms with E-state index < -0.39 is 0 Å². The van der Waals surface area contributed by atoms with Crippen LogP contribution in [0.3, 0.4) is 0 Å². The standard InChI is InChI=1S/C15H21N5O3S/c1-15(2,3)20-14(17-18-19-20)24-9-13(21)16-11-8-10(22-4)6-7-12(11)23-5/h6-8H,9H2,1-5H3,(H,16,21). The van der Waals surface area contributed by atoms with E-state index in [0.717, 1.165) is 0 Å². The third-order valence-electron chi connectivity index (χ3n) is 3.09. The van der Waals surface area contributed by atoms with E-state index in [0.29, 0.717) is 22.3 Å². The van der Waals surface area contributed by atoms with Gasteiger partial charge >= 0.3 is 0 Å². The molecule has 0 aliphatic carbocycles. The van der Waals surface area contributed by atoms with Crippen molar-refractivity contribution >= 4 is 23.4 Å². The topological polar surface area (TPSA) is 91.2 Å². The number of carbonyl (C=O) groups is 1. The summed E-state index contributed by atoms with van der Waals surface area (Å²) < 4.78 is 12.1. The fraction of sp³-hybridized carbons (Fsp3) is 0.467. The van der Waals surface area contributed by atoms with Gasteiger partial charge in [-0.15, -0.1) is 5.10 Å². The number of anilines is 1. The van der Waals surface area contributed by atoms with Crippen molar-refractivity contribution in [2.45, 2.75) is 31.5 Å². The lowest BCUT2D eigenvalue weighted by molar-refractivity contribution is -0.113. The summed E-state index contributed by atoms with van der Waals surface area (Å²) in [4.78, 5) is 12.2. The zero-order valence-electron chi connectivity index (χ0n) is 14.4. The van der Waals surface area contributed by atoms with E-state index in [9.17, 15) is 4.79 Å². The summed E-state index contributed by atoms with van der Waals surface area (Å²) >= 11 is 1.27. The number of aromatic nitrogens is 4. The molecule has 0 atom stereocenters. The fourth-order valence-corrected chi connectivity index (χ4v) is 2.78. The second-order valence-electron chi connectivity index (χ2n) is 5.95. The van der Waals surface area contributed by atoms with Crippen molar-refractivity contribution in [2.24, 2.45) is 0 Å². The van der Waals surface area contributed by atoms with E-state index >= 15 is 0 Å². The summed E-state index contributed by atoms with van der Waals surface area (Å²) in [5, 5.41) is 15.0. The Morgan fingerprint density at radius 2 is 2.04 bits per heavy atom. The monoisotopic (exact) mass is 351 g/mol. The number of nitrogens with one attached hydrogen (secondary N) is 1. The van der Waals surface area contributed by atoms with Crippen LogP contribution >= 0.6 is 11.8 Å². The zero-order chi connectivity index (χ0) is 17.7. The molecule has 2 aromatic rings. The number of tetrazole rings is 1. The van der Waals surface area contributed by atoms with Gasteiger partial charge in [-0.1, -0.05) is 11.8 Å². The molecular weight excluding hydrogens is 330 g/mol. The van der Waals surface area contributed by atoms with Crippen molar-refractivity contribution in [2.75, 3.05) is 25.3 Å².